The predicted molar refractivity (Wildman–Crippen MR) is 70.3 cm³/mol. The lowest BCUT2D eigenvalue weighted by atomic mass is 10.1. The van der Waals surface area contributed by atoms with Crippen molar-refractivity contribution in [3.8, 4) is 6.07 Å². The van der Waals surface area contributed by atoms with Crippen molar-refractivity contribution in [2.24, 2.45) is 0 Å². The zero-order valence-electron chi connectivity index (χ0n) is 11.3. The fourth-order valence-corrected chi connectivity index (χ4v) is 1.51. The zero-order valence-corrected chi connectivity index (χ0v) is 11.3. The second-order valence-corrected chi connectivity index (χ2v) is 4.11. The summed E-state index contributed by atoms with van der Waals surface area (Å²) in [4.78, 5) is 13.3. The summed E-state index contributed by atoms with van der Waals surface area (Å²) in [5, 5.41) is 8.81. The van der Waals surface area contributed by atoms with Crippen molar-refractivity contribution in [3.63, 3.8) is 0 Å². The minimum absolute atomic E-state index is 0.0395. The molecule has 0 radical (unpaired) electrons. The van der Waals surface area contributed by atoms with Gasteiger partial charge in [-0.1, -0.05) is 12.1 Å². The minimum Gasteiger partial charge on any atom is -0.382 e. The topological polar surface area (TPSA) is 62.6 Å². The molecule has 5 heteroatoms. The zero-order chi connectivity index (χ0) is 14.1. The molecule has 0 N–H and O–H groups in total. The standard InChI is InChI=1S/C14H18N2O3/c1-16(14(17)11-19-7-6-18-2)10-13-5-3-4-12(8-13)9-15/h3-5,8H,6-7,10-11H2,1-2H3. The summed E-state index contributed by atoms with van der Waals surface area (Å²) in [5.41, 5.74) is 1.52. The Morgan fingerprint density at radius 3 is 2.89 bits per heavy atom. The van der Waals surface area contributed by atoms with Gasteiger partial charge >= 0.3 is 0 Å². The smallest absolute Gasteiger partial charge is 0.248 e. The van der Waals surface area contributed by atoms with E-state index in [1.165, 1.54) is 0 Å². The van der Waals surface area contributed by atoms with E-state index in [9.17, 15) is 4.79 Å². The monoisotopic (exact) mass is 262 g/mol. The van der Waals surface area contributed by atoms with E-state index in [4.69, 9.17) is 14.7 Å². The Labute approximate surface area is 113 Å². The Kier molecular flexibility index (Phi) is 6.58. The van der Waals surface area contributed by atoms with Crippen LogP contribution in [0.15, 0.2) is 24.3 Å². The highest BCUT2D eigenvalue weighted by molar-refractivity contribution is 5.77. The minimum atomic E-state index is -0.0986. The van der Waals surface area contributed by atoms with Gasteiger partial charge in [-0.3, -0.25) is 4.79 Å². The molecule has 0 saturated heterocycles. The normalized spacial score (nSPS) is 9.95. The third-order valence-corrected chi connectivity index (χ3v) is 2.56. The average molecular weight is 262 g/mol. The van der Waals surface area contributed by atoms with Crippen LogP contribution in [0.3, 0.4) is 0 Å². The van der Waals surface area contributed by atoms with Gasteiger partial charge in [0.1, 0.15) is 6.61 Å². The summed E-state index contributed by atoms with van der Waals surface area (Å²) >= 11 is 0. The van der Waals surface area contributed by atoms with Gasteiger partial charge in [0, 0.05) is 20.7 Å². The van der Waals surface area contributed by atoms with E-state index in [1.807, 2.05) is 6.07 Å². The van der Waals surface area contributed by atoms with E-state index in [0.29, 0.717) is 25.3 Å². The van der Waals surface area contributed by atoms with E-state index in [0.717, 1.165) is 5.56 Å². The molecular weight excluding hydrogens is 244 g/mol. The van der Waals surface area contributed by atoms with Gasteiger partial charge in [-0.25, -0.2) is 0 Å². The maximum absolute atomic E-state index is 11.8. The first-order valence-electron chi connectivity index (χ1n) is 5.97. The third-order valence-electron chi connectivity index (χ3n) is 2.56. The first-order chi connectivity index (χ1) is 9.17. The van der Waals surface area contributed by atoms with E-state index < -0.39 is 0 Å². The number of hydrogen-bond acceptors (Lipinski definition) is 4. The first kappa shape index (κ1) is 15.2. The number of hydrogen-bond donors (Lipinski definition) is 0. The Balaban J connectivity index is 2.43. The van der Waals surface area contributed by atoms with Crippen LogP contribution in [0.1, 0.15) is 11.1 Å². The number of amides is 1. The molecule has 0 spiro atoms. The molecule has 1 aromatic rings. The first-order valence-corrected chi connectivity index (χ1v) is 5.97. The molecule has 5 nitrogen and oxygen atoms in total. The summed E-state index contributed by atoms with van der Waals surface area (Å²) in [6.07, 6.45) is 0. The highest BCUT2D eigenvalue weighted by Gasteiger charge is 2.09. The summed E-state index contributed by atoms with van der Waals surface area (Å²) < 4.78 is 10.00. The summed E-state index contributed by atoms with van der Waals surface area (Å²) in [7, 11) is 3.29. The quantitative estimate of drug-likeness (QED) is 0.692. The Hall–Kier alpha value is -1.90. The van der Waals surface area contributed by atoms with Crippen LogP contribution in [-0.4, -0.2) is 44.8 Å². The molecule has 0 aliphatic carbocycles. The van der Waals surface area contributed by atoms with Crippen LogP contribution >= 0.6 is 0 Å². The fourth-order valence-electron chi connectivity index (χ4n) is 1.51. The van der Waals surface area contributed by atoms with Crippen molar-refractivity contribution >= 4 is 5.91 Å². The number of nitriles is 1. The van der Waals surface area contributed by atoms with Gasteiger partial charge in [-0.15, -0.1) is 0 Å². The predicted octanol–water partition coefficient (Wildman–Crippen LogP) is 1.18. The van der Waals surface area contributed by atoms with Gasteiger partial charge in [0.2, 0.25) is 5.91 Å². The Morgan fingerprint density at radius 1 is 1.42 bits per heavy atom. The van der Waals surface area contributed by atoms with Crippen LogP contribution in [-0.2, 0) is 20.8 Å². The average Bonchev–Trinajstić information content (AvgIpc) is 2.43. The third kappa shape index (κ3) is 5.51. The number of carbonyl (C=O) groups is 1. The Morgan fingerprint density at radius 2 is 2.21 bits per heavy atom. The van der Waals surface area contributed by atoms with Crippen molar-refractivity contribution in [3.05, 3.63) is 35.4 Å². The second-order valence-electron chi connectivity index (χ2n) is 4.11. The maximum Gasteiger partial charge on any atom is 0.248 e. The van der Waals surface area contributed by atoms with Crippen molar-refractivity contribution in [2.45, 2.75) is 6.54 Å². The number of carbonyl (C=O) groups excluding carboxylic acids is 1. The molecule has 0 bridgehead atoms. The van der Waals surface area contributed by atoms with Crippen LogP contribution < -0.4 is 0 Å². The number of methoxy groups -OCH3 is 1. The summed E-state index contributed by atoms with van der Waals surface area (Å²) in [5.74, 6) is -0.0986. The molecule has 1 rings (SSSR count). The number of benzene rings is 1. The van der Waals surface area contributed by atoms with Crippen LogP contribution in [0.5, 0.6) is 0 Å². The van der Waals surface area contributed by atoms with Crippen LogP contribution in [0.25, 0.3) is 0 Å². The Bertz CT molecular complexity index is 454. The molecule has 1 aromatic carbocycles. The van der Waals surface area contributed by atoms with Crippen molar-refractivity contribution in [1.82, 2.24) is 4.90 Å². The van der Waals surface area contributed by atoms with Gasteiger partial charge in [-0.2, -0.15) is 5.26 Å². The highest BCUT2D eigenvalue weighted by Crippen LogP contribution is 2.07. The molecule has 0 fully saturated rings. The van der Waals surface area contributed by atoms with Crippen molar-refractivity contribution in [1.29, 1.82) is 5.26 Å². The lowest BCUT2D eigenvalue weighted by Gasteiger charge is -2.17. The molecule has 0 atom stereocenters. The highest BCUT2D eigenvalue weighted by atomic mass is 16.5. The molecule has 1 amide bonds. The molecule has 0 unspecified atom stereocenters. The molecule has 102 valence electrons. The molecule has 0 heterocycles. The van der Waals surface area contributed by atoms with Gasteiger partial charge in [0.05, 0.1) is 24.8 Å². The van der Waals surface area contributed by atoms with E-state index in [1.54, 1.807) is 37.3 Å². The van der Waals surface area contributed by atoms with E-state index in [-0.39, 0.29) is 12.5 Å². The van der Waals surface area contributed by atoms with Gasteiger partial charge in [-0.05, 0) is 17.7 Å². The molecule has 19 heavy (non-hydrogen) atoms. The van der Waals surface area contributed by atoms with Crippen molar-refractivity contribution < 1.29 is 14.3 Å². The number of rotatable bonds is 7. The molecule has 0 saturated carbocycles. The molecule has 0 aromatic heterocycles. The maximum atomic E-state index is 11.8. The van der Waals surface area contributed by atoms with E-state index in [2.05, 4.69) is 6.07 Å². The largest absolute Gasteiger partial charge is 0.382 e. The number of ether oxygens (including phenoxy) is 2. The van der Waals surface area contributed by atoms with Crippen molar-refractivity contribution in [2.75, 3.05) is 34.0 Å². The molecule has 0 aliphatic rings. The van der Waals surface area contributed by atoms with Gasteiger partial charge in [0.15, 0.2) is 0 Å². The van der Waals surface area contributed by atoms with Crippen LogP contribution in [0.2, 0.25) is 0 Å². The summed E-state index contributed by atoms with van der Waals surface area (Å²) in [6, 6.07) is 9.28. The molecule has 0 aliphatic heterocycles. The molecular formula is C14H18N2O3. The summed E-state index contributed by atoms with van der Waals surface area (Å²) in [6.45, 7) is 1.38. The second kappa shape index (κ2) is 8.25. The fraction of sp³-hybridized carbons (Fsp3) is 0.429. The number of nitrogens with zero attached hydrogens (tertiary/aromatic N) is 2. The van der Waals surface area contributed by atoms with E-state index >= 15 is 0 Å². The van der Waals surface area contributed by atoms with Gasteiger partial charge in [0.25, 0.3) is 0 Å². The lowest BCUT2D eigenvalue weighted by molar-refractivity contribution is -0.135. The SMILES string of the molecule is COCCOCC(=O)N(C)Cc1cccc(C#N)c1. The van der Waals surface area contributed by atoms with Crippen LogP contribution in [0.4, 0.5) is 0 Å². The van der Waals surface area contributed by atoms with Gasteiger partial charge < -0.3 is 14.4 Å². The lowest BCUT2D eigenvalue weighted by Crippen LogP contribution is -2.30. The van der Waals surface area contributed by atoms with Crippen LogP contribution in [0, 0.1) is 11.3 Å². The number of likely N-dealkylation sites (N-methyl/N-ethyl adjacent to an activating group) is 1.